The number of methoxy groups -OCH3 is 1. The summed E-state index contributed by atoms with van der Waals surface area (Å²) in [6.07, 6.45) is 2.17. The average molecular weight is 253 g/mol. The van der Waals surface area contributed by atoms with Crippen LogP contribution in [0.4, 0.5) is 4.39 Å². The lowest BCUT2D eigenvalue weighted by Gasteiger charge is -2.04. The Morgan fingerprint density at radius 3 is 2.89 bits per heavy atom. The van der Waals surface area contributed by atoms with Gasteiger partial charge in [-0.25, -0.2) is 4.39 Å². The van der Waals surface area contributed by atoms with E-state index in [0.29, 0.717) is 5.56 Å². The molecule has 1 aromatic rings. The SMILES string of the molecule is COc1ccc(/C=C/C(=O)NCC(C)O)cc1F. The molecule has 1 unspecified atom stereocenters. The van der Waals surface area contributed by atoms with Crippen molar-refractivity contribution in [1.29, 1.82) is 0 Å². The van der Waals surface area contributed by atoms with Crippen molar-refractivity contribution in [3.05, 3.63) is 35.7 Å². The first-order chi connectivity index (χ1) is 8.52. The van der Waals surface area contributed by atoms with E-state index in [-0.39, 0.29) is 18.2 Å². The Morgan fingerprint density at radius 1 is 1.61 bits per heavy atom. The molecule has 0 radical (unpaired) electrons. The minimum atomic E-state index is -0.596. The molecule has 0 aromatic heterocycles. The van der Waals surface area contributed by atoms with E-state index in [4.69, 9.17) is 9.84 Å². The summed E-state index contributed by atoms with van der Waals surface area (Å²) >= 11 is 0. The van der Waals surface area contributed by atoms with Gasteiger partial charge < -0.3 is 15.2 Å². The predicted octanol–water partition coefficient (Wildman–Crippen LogP) is 1.34. The molecule has 0 aliphatic rings. The molecule has 0 aliphatic heterocycles. The minimum absolute atomic E-state index is 0.158. The monoisotopic (exact) mass is 253 g/mol. The van der Waals surface area contributed by atoms with E-state index in [0.717, 1.165) is 0 Å². The molecule has 0 bridgehead atoms. The van der Waals surface area contributed by atoms with Crippen molar-refractivity contribution in [2.24, 2.45) is 0 Å². The summed E-state index contributed by atoms with van der Waals surface area (Å²) in [6.45, 7) is 1.75. The summed E-state index contributed by atoms with van der Waals surface area (Å²) in [7, 11) is 1.39. The van der Waals surface area contributed by atoms with Crippen LogP contribution in [0.3, 0.4) is 0 Å². The maximum atomic E-state index is 13.3. The van der Waals surface area contributed by atoms with Gasteiger partial charge in [0.2, 0.25) is 5.91 Å². The third kappa shape index (κ3) is 4.55. The van der Waals surface area contributed by atoms with Gasteiger partial charge in [-0.1, -0.05) is 6.07 Å². The molecular formula is C13H16FNO3. The number of hydrogen-bond donors (Lipinski definition) is 2. The largest absolute Gasteiger partial charge is 0.494 e. The van der Waals surface area contributed by atoms with Crippen LogP contribution in [-0.4, -0.2) is 30.8 Å². The van der Waals surface area contributed by atoms with Crippen LogP contribution >= 0.6 is 0 Å². The Bertz CT molecular complexity index is 444. The number of aliphatic hydroxyl groups excluding tert-OH is 1. The average Bonchev–Trinajstić information content (AvgIpc) is 2.34. The second kappa shape index (κ2) is 6.76. The van der Waals surface area contributed by atoms with E-state index in [2.05, 4.69) is 5.32 Å². The Kier molecular flexibility index (Phi) is 5.32. The Labute approximate surface area is 105 Å². The number of carbonyl (C=O) groups is 1. The highest BCUT2D eigenvalue weighted by molar-refractivity contribution is 5.91. The standard InChI is InChI=1S/C13H16FNO3/c1-9(16)8-15-13(17)6-4-10-3-5-12(18-2)11(14)7-10/h3-7,9,16H,8H2,1-2H3,(H,15,17)/b6-4+. The fourth-order valence-corrected chi connectivity index (χ4v) is 1.27. The van der Waals surface area contributed by atoms with Gasteiger partial charge >= 0.3 is 0 Å². The zero-order chi connectivity index (χ0) is 13.5. The number of halogens is 1. The number of ether oxygens (including phenoxy) is 1. The maximum absolute atomic E-state index is 13.3. The predicted molar refractivity (Wildman–Crippen MR) is 66.7 cm³/mol. The van der Waals surface area contributed by atoms with Gasteiger partial charge in [-0.3, -0.25) is 4.79 Å². The molecule has 0 heterocycles. The third-order valence-electron chi connectivity index (χ3n) is 2.17. The molecule has 1 atom stereocenters. The van der Waals surface area contributed by atoms with Gasteiger partial charge in [-0.15, -0.1) is 0 Å². The number of hydrogen-bond acceptors (Lipinski definition) is 3. The fourth-order valence-electron chi connectivity index (χ4n) is 1.27. The van der Waals surface area contributed by atoms with E-state index in [1.54, 1.807) is 13.0 Å². The van der Waals surface area contributed by atoms with Crippen molar-refractivity contribution in [1.82, 2.24) is 5.32 Å². The highest BCUT2D eigenvalue weighted by Crippen LogP contribution is 2.18. The van der Waals surface area contributed by atoms with Gasteiger partial charge in [0.1, 0.15) is 0 Å². The molecule has 0 fully saturated rings. The van der Waals surface area contributed by atoms with Crippen LogP contribution in [0.1, 0.15) is 12.5 Å². The number of carbonyl (C=O) groups excluding carboxylic acids is 1. The van der Waals surface area contributed by atoms with E-state index in [1.807, 2.05) is 0 Å². The molecule has 4 nitrogen and oxygen atoms in total. The molecule has 18 heavy (non-hydrogen) atoms. The number of aliphatic hydroxyl groups is 1. The normalized spacial score (nSPS) is 12.4. The lowest BCUT2D eigenvalue weighted by Crippen LogP contribution is -2.28. The van der Waals surface area contributed by atoms with E-state index in [1.165, 1.54) is 31.4 Å². The summed E-state index contributed by atoms with van der Waals surface area (Å²) in [5.74, 6) is -0.665. The highest BCUT2D eigenvalue weighted by Gasteiger charge is 2.02. The molecule has 0 saturated carbocycles. The smallest absolute Gasteiger partial charge is 0.244 e. The first-order valence-electron chi connectivity index (χ1n) is 5.50. The topological polar surface area (TPSA) is 58.6 Å². The molecule has 0 aliphatic carbocycles. The zero-order valence-electron chi connectivity index (χ0n) is 10.3. The quantitative estimate of drug-likeness (QED) is 0.779. The van der Waals surface area contributed by atoms with Crippen molar-refractivity contribution < 1.29 is 19.0 Å². The molecular weight excluding hydrogens is 237 g/mol. The summed E-state index contributed by atoms with van der Waals surface area (Å²) < 4.78 is 18.1. The number of amides is 1. The highest BCUT2D eigenvalue weighted by atomic mass is 19.1. The summed E-state index contributed by atoms with van der Waals surface area (Å²) in [6, 6.07) is 4.40. The van der Waals surface area contributed by atoms with Crippen molar-refractivity contribution >= 4 is 12.0 Å². The van der Waals surface area contributed by atoms with Crippen molar-refractivity contribution in [3.63, 3.8) is 0 Å². The fraction of sp³-hybridized carbons (Fsp3) is 0.308. The number of rotatable bonds is 5. The first kappa shape index (κ1) is 14.2. The van der Waals surface area contributed by atoms with E-state index >= 15 is 0 Å². The first-order valence-corrected chi connectivity index (χ1v) is 5.50. The lowest BCUT2D eigenvalue weighted by atomic mass is 10.2. The van der Waals surface area contributed by atoms with Crippen LogP contribution in [-0.2, 0) is 4.79 Å². The summed E-state index contributed by atoms with van der Waals surface area (Å²) in [4.78, 5) is 11.3. The van der Waals surface area contributed by atoms with Gasteiger partial charge in [0, 0.05) is 12.6 Å². The molecule has 98 valence electrons. The lowest BCUT2D eigenvalue weighted by molar-refractivity contribution is -0.116. The van der Waals surface area contributed by atoms with Gasteiger partial charge in [0.15, 0.2) is 11.6 Å². The molecule has 0 saturated heterocycles. The molecule has 1 amide bonds. The number of nitrogens with one attached hydrogen (secondary N) is 1. The van der Waals surface area contributed by atoms with Crippen molar-refractivity contribution in [2.75, 3.05) is 13.7 Å². The van der Waals surface area contributed by atoms with Crippen molar-refractivity contribution in [2.45, 2.75) is 13.0 Å². The van der Waals surface area contributed by atoms with Gasteiger partial charge in [0.05, 0.1) is 13.2 Å². The third-order valence-corrected chi connectivity index (χ3v) is 2.17. The molecule has 5 heteroatoms. The Morgan fingerprint density at radius 2 is 2.33 bits per heavy atom. The van der Waals surface area contributed by atoms with Crippen LogP contribution in [0.2, 0.25) is 0 Å². The minimum Gasteiger partial charge on any atom is -0.494 e. The van der Waals surface area contributed by atoms with Crippen molar-refractivity contribution in [3.8, 4) is 5.75 Å². The van der Waals surface area contributed by atoms with E-state index in [9.17, 15) is 9.18 Å². The van der Waals surface area contributed by atoms with Crippen LogP contribution in [0.15, 0.2) is 24.3 Å². The van der Waals surface area contributed by atoms with E-state index < -0.39 is 11.9 Å². The molecule has 2 N–H and O–H groups in total. The Hall–Kier alpha value is -1.88. The summed E-state index contributed by atoms with van der Waals surface area (Å²) in [5.41, 5.74) is 0.556. The van der Waals surface area contributed by atoms with Crippen LogP contribution in [0.25, 0.3) is 6.08 Å². The van der Waals surface area contributed by atoms with Crippen LogP contribution in [0.5, 0.6) is 5.75 Å². The number of benzene rings is 1. The molecule has 0 spiro atoms. The zero-order valence-corrected chi connectivity index (χ0v) is 10.3. The Balaban J connectivity index is 2.61. The molecule has 1 rings (SSSR count). The van der Waals surface area contributed by atoms with Gasteiger partial charge in [0.25, 0.3) is 0 Å². The molecule has 1 aromatic carbocycles. The van der Waals surface area contributed by atoms with Crippen LogP contribution in [0, 0.1) is 5.82 Å². The maximum Gasteiger partial charge on any atom is 0.244 e. The van der Waals surface area contributed by atoms with Gasteiger partial charge in [-0.2, -0.15) is 0 Å². The van der Waals surface area contributed by atoms with Gasteiger partial charge in [-0.05, 0) is 30.7 Å². The second-order valence-electron chi connectivity index (χ2n) is 3.82. The second-order valence-corrected chi connectivity index (χ2v) is 3.82. The van der Waals surface area contributed by atoms with Crippen LogP contribution < -0.4 is 10.1 Å². The summed E-state index contributed by atoms with van der Waals surface area (Å²) in [5, 5.41) is 11.5.